The molecule has 21 aromatic rings. The number of hydrogen-bond acceptors (Lipinski definition) is 15. The van der Waals surface area contributed by atoms with Crippen LogP contribution in [0.1, 0.15) is 5.69 Å². The molecule has 0 saturated heterocycles. The molecule has 0 bridgehead atoms. The summed E-state index contributed by atoms with van der Waals surface area (Å²) in [5.74, 6) is 0. The lowest BCUT2D eigenvalue weighted by atomic mass is 9.99. The molecule has 21 rings (SSSR count). The Balaban J connectivity index is 0.0000000996. The van der Waals surface area contributed by atoms with Crippen LogP contribution in [0.25, 0.3) is 131 Å². The Labute approximate surface area is 625 Å². The molecular weight excluding hydrogens is 1350 g/mol. The van der Waals surface area contributed by atoms with Crippen LogP contribution in [0.5, 0.6) is 0 Å². The van der Waals surface area contributed by atoms with Gasteiger partial charge in [0.15, 0.2) is 0 Å². The molecule has 0 atom stereocenters. The van der Waals surface area contributed by atoms with Crippen molar-refractivity contribution in [1.29, 1.82) is 0 Å². The largest absolute Gasteiger partial charge is 0.355 e. The van der Waals surface area contributed by atoms with Crippen LogP contribution < -0.4 is 16.0 Å². The van der Waals surface area contributed by atoms with Gasteiger partial charge in [0.1, 0.15) is 0 Å². The highest BCUT2D eigenvalue weighted by Gasteiger charge is 2.11. The SMILES string of the molecule is Cc1ncccc1Nc1cccc2ncccc12.c1cc(-c2ccc3[nH]ncc3c2)c2ccncc2c1.c1cc(Nc2ccncc2)c2cccnc2c1.c1ccc2c(-c3ccc4[nH]ncc4c3)ccnc2c1.c1ccc2c(-c3ccc4[nH]ncc4c3)cncc2c1.c1cncc(Nc2cccc3ncccc23)c1. The first kappa shape index (κ1) is 68.1. The van der Waals surface area contributed by atoms with Gasteiger partial charge in [0.25, 0.3) is 0 Å². The summed E-state index contributed by atoms with van der Waals surface area (Å²) in [6.45, 7) is 1.99. The summed E-state index contributed by atoms with van der Waals surface area (Å²) in [5.41, 5.74) is 21.5. The fourth-order valence-corrected chi connectivity index (χ4v) is 13.0. The zero-order chi connectivity index (χ0) is 73.3. The third kappa shape index (κ3) is 15.9. The van der Waals surface area contributed by atoms with E-state index in [1.807, 2.05) is 184 Å². The van der Waals surface area contributed by atoms with Gasteiger partial charge in [0, 0.05) is 151 Å². The van der Waals surface area contributed by atoms with Crippen molar-refractivity contribution < 1.29 is 0 Å². The molecule has 18 nitrogen and oxygen atoms in total. The fraction of sp³-hybridized carbons (Fsp3) is 0.0110. The van der Waals surface area contributed by atoms with Crippen LogP contribution in [-0.2, 0) is 0 Å². The number of nitrogens with one attached hydrogen (secondary N) is 6. The van der Waals surface area contributed by atoms with E-state index < -0.39 is 0 Å². The molecule has 12 heterocycles. The quantitative estimate of drug-likeness (QED) is 0.0788. The highest BCUT2D eigenvalue weighted by molar-refractivity contribution is 6.01. The lowest BCUT2D eigenvalue weighted by Gasteiger charge is -2.10. The van der Waals surface area contributed by atoms with Gasteiger partial charge in [-0.15, -0.1) is 0 Å². The molecule has 0 aliphatic carbocycles. The molecule has 18 heteroatoms. The monoisotopic (exact) mass is 1410 g/mol. The smallest absolute Gasteiger partial charge is 0.0722 e. The van der Waals surface area contributed by atoms with Gasteiger partial charge in [0.2, 0.25) is 0 Å². The number of para-hydroxylation sites is 1. The predicted octanol–water partition coefficient (Wildman–Crippen LogP) is 21.8. The molecule has 0 fully saturated rings. The first-order valence-electron chi connectivity index (χ1n) is 35.3. The first-order valence-corrected chi connectivity index (χ1v) is 35.3. The average Bonchev–Trinajstić information content (AvgIpc) is 1.79. The molecule has 522 valence electrons. The van der Waals surface area contributed by atoms with E-state index in [1.165, 1.54) is 44.0 Å². The third-order valence-corrected chi connectivity index (χ3v) is 18.4. The van der Waals surface area contributed by atoms with E-state index in [0.29, 0.717) is 0 Å². The zero-order valence-corrected chi connectivity index (χ0v) is 58.9. The summed E-state index contributed by atoms with van der Waals surface area (Å²) in [4.78, 5) is 38.3. The van der Waals surface area contributed by atoms with Gasteiger partial charge < -0.3 is 16.0 Å². The van der Waals surface area contributed by atoms with Gasteiger partial charge in [-0.2, -0.15) is 15.3 Å². The van der Waals surface area contributed by atoms with Gasteiger partial charge in [-0.25, -0.2) is 0 Å². The lowest BCUT2D eigenvalue weighted by molar-refractivity contribution is 1.12. The maximum absolute atomic E-state index is 4.40. The number of rotatable bonds is 9. The normalized spacial score (nSPS) is 10.8. The number of hydrogen-bond donors (Lipinski definition) is 6. The molecule has 109 heavy (non-hydrogen) atoms. The van der Waals surface area contributed by atoms with Crippen LogP contribution in [0, 0.1) is 6.92 Å². The Morgan fingerprint density at radius 1 is 0.239 bits per heavy atom. The molecule has 0 aliphatic rings. The second-order valence-corrected chi connectivity index (χ2v) is 25.3. The number of pyridine rings is 9. The number of aryl methyl sites for hydroxylation is 1. The van der Waals surface area contributed by atoms with Crippen LogP contribution in [0.15, 0.2) is 360 Å². The molecule has 0 amide bonds. The standard InChI is InChI=1S/3C16H11N3.C15H13N3.2C14H11N3/c1-2-12-9-17-7-6-15(12)14(3-1)11-4-5-16-13(8-11)10-18-19-16;1-2-4-14-12(3-1)8-17-10-15(14)11-5-6-16-13(7-11)9-18-19-16;1-2-4-16-14(3-1)13(7-8-17-16)11-5-6-15-12(9-11)10-18-19-15;1-11-13(8-4-9-16-11)18-15-7-2-6-14-12(15)5-3-10-17-14;1-6-13-12(5-3-9-16-13)14(7-1)17-11-4-2-8-15-10-11;1-4-13-12(3-2-8-16-13)14(5-1)17-11-6-9-15-10-7-11/h3*1-10H,(H,18,19);2-10,18H,1H3;1-10,17H;1-10H,(H,15,17). The topological polar surface area (TPSA) is 238 Å². The maximum Gasteiger partial charge on any atom is 0.0722 e. The Morgan fingerprint density at radius 3 is 1.27 bits per heavy atom. The van der Waals surface area contributed by atoms with Crippen LogP contribution in [0.4, 0.5) is 34.1 Å². The molecular formula is C91H68N18. The van der Waals surface area contributed by atoms with Crippen molar-refractivity contribution in [2.45, 2.75) is 6.92 Å². The summed E-state index contributed by atoms with van der Waals surface area (Å²) in [6, 6.07) is 87.8. The first-order chi connectivity index (χ1) is 54.0. The van der Waals surface area contributed by atoms with Crippen LogP contribution in [0.2, 0.25) is 0 Å². The summed E-state index contributed by atoms with van der Waals surface area (Å²) >= 11 is 0. The van der Waals surface area contributed by atoms with E-state index in [0.717, 1.165) is 127 Å². The van der Waals surface area contributed by atoms with Crippen LogP contribution in [-0.4, -0.2) is 75.4 Å². The molecule has 0 spiro atoms. The maximum atomic E-state index is 4.40. The van der Waals surface area contributed by atoms with Crippen LogP contribution in [0.3, 0.4) is 0 Å². The van der Waals surface area contributed by atoms with Gasteiger partial charge in [-0.1, -0.05) is 97.1 Å². The third-order valence-electron chi connectivity index (χ3n) is 18.4. The number of H-pyrrole nitrogens is 3. The summed E-state index contributed by atoms with van der Waals surface area (Å²) in [7, 11) is 0. The number of aromatic nitrogens is 15. The Morgan fingerprint density at radius 2 is 0.670 bits per heavy atom. The van der Waals surface area contributed by atoms with E-state index in [4.69, 9.17) is 0 Å². The second-order valence-electron chi connectivity index (χ2n) is 25.3. The number of benzene rings is 9. The van der Waals surface area contributed by atoms with Gasteiger partial charge in [-0.3, -0.25) is 60.2 Å². The summed E-state index contributed by atoms with van der Waals surface area (Å²) in [6.07, 6.45) is 29.3. The highest BCUT2D eigenvalue weighted by atomic mass is 15.1. The van der Waals surface area contributed by atoms with Crippen molar-refractivity contribution in [2.75, 3.05) is 16.0 Å². The highest BCUT2D eigenvalue weighted by Crippen LogP contribution is 2.34. The molecule has 0 aliphatic heterocycles. The second kappa shape index (κ2) is 32.6. The Kier molecular flexibility index (Phi) is 20.4. The zero-order valence-electron chi connectivity index (χ0n) is 58.9. The van der Waals surface area contributed by atoms with Gasteiger partial charge in [-0.05, 0) is 209 Å². The van der Waals surface area contributed by atoms with E-state index in [-0.39, 0.29) is 0 Å². The van der Waals surface area contributed by atoms with Crippen molar-refractivity contribution in [3.05, 3.63) is 366 Å². The molecule has 0 saturated carbocycles. The minimum absolute atomic E-state index is 0.976. The molecule has 12 aromatic heterocycles. The van der Waals surface area contributed by atoms with Crippen molar-refractivity contribution in [2.24, 2.45) is 0 Å². The lowest BCUT2D eigenvalue weighted by Crippen LogP contribution is -1.95. The van der Waals surface area contributed by atoms with Crippen molar-refractivity contribution in [1.82, 2.24) is 75.4 Å². The predicted molar refractivity (Wildman–Crippen MR) is 443 cm³/mol. The number of fused-ring (bicyclic) bond motifs is 9. The molecule has 9 aromatic carbocycles. The number of aromatic amines is 3. The number of anilines is 6. The molecule has 6 N–H and O–H groups in total. The van der Waals surface area contributed by atoms with E-state index in [1.54, 1.807) is 49.6 Å². The minimum Gasteiger partial charge on any atom is -0.355 e. The van der Waals surface area contributed by atoms with Gasteiger partial charge >= 0.3 is 0 Å². The molecule has 0 radical (unpaired) electrons. The van der Waals surface area contributed by atoms with E-state index in [2.05, 4.69) is 225 Å². The van der Waals surface area contributed by atoms with Crippen LogP contribution >= 0.6 is 0 Å². The Bertz CT molecular complexity index is 6160. The van der Waals surface area contributed by atoms with Crippen molar-refractivity contribution in [3.63, 3.8) is 0 Å². The van der Waals surface area contributed by atoms with Crippen molar-refractivity contribution in [3.8, 4) is 33.4 Å². The number of nitrogens with zero attached hydrogens (tertiary/aromatic N) is 12. The van der Waals surface area contributed by atoms with E-state index >= 15 is 0 Å². The minimum atomic E-state index is 0.976. The summed E-state index contributed by atoms with van der Waals surface area (Å²) in [5, 5.41) is 43.9. The van der Waals surface area contributed by atoms with Crippen molar-refractivity contribution >= 4 is 132 Å². The molecule has 0 unspecified atom stereocenters. The Hall–Kier alpha value is -15.3. The average molecular weight is 1410 g/mol. The summed E-state index contributed by atoms with van der Waals surface area (Å²) < 4.78 is 0. The van der Waals surface area contributed by atoms with Gasteiger partial charge in [0.05, 0.1) is 80.5 Å². The van der Waals surface area contributed by atoms with E-state index in [9.17, 15) is 0 Å². The fourth-order valence-electron chi connectivity index (χ4n) is 13.0.